The minimum absolute atomic E-state index is 0.138. The van der Waals surface area contributed by atoms with Crippen LogP contribution in [-0.4, -0.2) is 36.1 Å². The van der Waals surface area contributed by atoms with Gasteiger partial charge in [-0.05, 0) is 33.0 Å². The molecular weight excluding hydrogens is 190 g/mol. The Morgan fingerprint density at radius 3 is 2.20 bits per heavy atom. The van der Waals surface area contributed by atoms with Gasteiger partial charge in [-0.2, -0.15) is 0 Å². The lowest BCUT2D eigenvalue weighted by Crippen LogP contribution is -2.31. The highest BCUT2D eigenvalue weighted by atomic mass is 16.5. The Morgan fingerprint density at radius 2 is 1.80 bits per heavy atom. The van der Waals surface area contributed by atoms with Gasteiger partial charge in [0.1, 0.15) is 6.10 Å². The van der Waals surface area contributed by atoms with Gasteiger partial charge < -0.3 is 4.74 Å². The van der Waals surface area contributed by atoms with Crippen LogP contribution in [-0.2, 0) is 9.53 Å². The molecule has 0 unspecified atom stereocenters. The minimum Gasteiger partial charge on any atom is -0.459 e. The van der Waals surface area contributed by atoms with Crippen LogP contribution in [0.4, 0.5) is 0 Å². The van der Waals surface area contributed by atoms with Crippen LogP contribution in [0.5, 0.6) is 0 Å². The molecule has 0 aromatic rings. The van der Waals surface area contributed by atoms with Gasteiger partial charge in [0.05, 0.1) is 0 Å². The van der Waals surface area contributed by atoms with Crippen LogP contribution in [0, 0.1) is 0 Å². The average Bonchev–Trinajstić information content (AvgIpc) is 2.15. The van der Waals surface area contributed by atoms with Crippen LogP contribution in [0.25, 0.3) is 0 Å². The van der Waals surface area contributed by atoms with Crippen molar-refractivity contribution in [2.45, 2.75) is 46.8 Å². The Kier molecular flexibility index (Phi) is 7.05. The van der Waals surface area contributed by atoms with Gasteiger partial charge in [-0.15, -0.1) is 0 Å². The molecule has 0 saturated carbocycles. The number of hydrogen-bond donors (Lipinski definition) is 0. The summed E-state index contributed by atoms with van der Waals surface area (Å²) in [5.74, 6) is -0.234. The van der Waals surface area contributed by atoms with Crippen LogP contribution in [0.1, 0.15) is 34.6 Å². The Labute approximate surface area is 93.1 Å². The predicted octanol–water partition coefficient (Wildman–Crippen LogP) is 2.22. The van der Waals surface area contributed by atoms with Gasteiger partial charge in [0.2, 0.25) is 0 Å². The van der Waals surface area contributed by atoms with E-state index >= 15 is 0 Å². The molecule has 0 bridgehead atoms. The molecule has 15 heavy (non-hydrogen) atoms. The number of carbonyl (C=O) groups is 1. The van der Waals surface area contributed by atoms with Crippen LogP contribution in [0.3, 0.4) is 0 Å². The molecule has 0 spiro atoms. The Morgan fingerprint density at radius 1 is 1.27 bits per heavy atom. The van der Waals surface area contributed by atoms with Crippen molar-refractivity contribution in [1.29, 1.82) is 0 Å². The number of rotatable bonds is 6. The van der Waals surface area contributed by atoms with Crippen molar-refractivity contribution in [1.82, 2.24) is 4.90 Å². The van der Waals surface area contributed by atoms with Crippen molar-refractivity contribution in [3.8, 4) is 0 Å². The highest BCUT2D eigenvalue weighted by molar-refractivity contribution is 5.66. The van der Waals surface area contributed by atoms with Crippen molar-refractivity contribution < 1.29 is 9.53 Å². The molecule has 88 valence electrons. The Hall–Kier alpha value is -0.830. The lowest BCUT2D eigenvalue weighted by molar-refractivity contribution is -0.143. The summed E-state index contributed by atoms with van der Waals surface area (Å²) >= 11 is 0. The average molecular weight is 213 g/mol. The maximum atomic E-state index is 10.7. The minimum atomic E-state index is -0.234. The van der Waals surface area contributed by atoms with Gasteiger partial charge in [0, 0.05) is 13.0 Å². The van der Waals surface area contributed by atoms with Crippen LogP contribution < -0.4 is 0 Å². The summed E-state index contributed by atoms with van der Waals surface area (Å²) in [6.07, 6.45) is 3.88. The SMILES string of the molecule is CCN(CC)[C@H](C)/C=C/[C@@H](C)OC(C)=O. The summed E-state index contributed by atoms with van der Waals surface area (Å²) < 4.78 is 5.00. The van der Waals surface area contributed by atoms with Gasteiger partial charge in [0.25, 0.3) is 0 Å². The Balaban J connectivity index is 4.08. The molecule has 0 rings (SSSR count). The first-order valence-corrected chi connectivity index (χ1v) is 5.60. The summed E-state index contributed by atoms with van der Waals surface area (Å²) in [5.41, 5.74) is 0. The first-order chi connectivity index (χ1) is 7.01. The summed E-state index contributed by atoms with van der Waals surface area (Å²) in [7, 11) is 0. The van der Waals surface area contributed by atoms with Crippen molar-refractivity contribution in [3.63, 3.8) is 0 Å². The third-order valence-corrected chi connectivity index (χ3v) is 2.40. The summed E-state index contributed by atoms with van der Waals surface area (Å²) in [6.45, 7) is 11.8. The van der Waals surface area contributed by atoms with Crippen molar-refractivity contribution >= 4 is 5.97 Å². The van der Waals surface area contributed by atoms with Crippen molar-refractivity contribution in [2.24, 2.45) is 0 Å². The molecule has 0 aliphatic carbocycles. The number of likely N-dealkylation sites (N-methyl/N-ethyl adjacent to an activating group) is 1. The van der Waals surface area contributed by atoms with E-state index in [-0.39, 0.29) is 12.1 Å². The van der Waals surface area contributed by atoms with E-state index in [1.54, 1.807) is 0 Å². The molecule has 0 fully saturated rings. The van der Waals surface area contributed by atoms with E-state index in [9.17, 15) is 4.79 Å². The summed E-state index contributed by atoms with van der Waals surface area (Å²) in [5, 5.41) is 0. The first-order valence-electron chi connectivity index (χ1n) is 5.60. The second-order valence-electron chi connectivity index (χ2n) is 3.66. The van der Waals surface area contributed by atoms with E-state index in [4.69, 9.17) is 4.74 Å². The lowest BCUT2D eigenvalue weighted by Gasteiger charge is -2.23. The number of ether oxygens (including phenoxy) is 1. The maximum Gasteiger partial charge on any atom is 0.303 e. The van der Waals surface area contributed by atoms with Crippen LogP contribution in [0.15, 0.2) is 12.2 Å². The molecule has 0 aromatic heterocycles. The molecular formula is C12H23NO2. The fourth-order valence-corrected chi connectivity index (χ4v) is 1.54. The van der Waals surface area contributed by atoms with Gasteiger partial charge in [0.15, 0.2) is 0 Å². The third kappa shape index (κ3) is 6.28. The zero-order valence-corrected chi connectivity index (χ0v) is 10.5. The molecule has 0 aliphatic rings. The molecule has 0 amide bonds. The van der Waals surface area contributed by atoms with Crippen LogP contribution in [0.2, 0.25) is 0 Å². The highest BCUT2D eigenvalue weighted by Gasteiger charge is 2.07. The fourth-order valence-electron chi connectivity index (χ4n) is 1.54. The normalized spacial score (nSPS) is 15.6. The van der Waals surface area contributed by atoms with E-state index in [1.165, 1.54) is 6.92 Å². The summed E-state index contributed by atoms with van der Waals surface area (Å²) in [4.78, 5) is 13.0. The lowest BCUT2D eigenvalue weighted by atomic mass is 10.2. The molecule has 3 nitrogen and oxygen atoms in total. The van der Waals surface area contributed by atoms with E-state index in [0.29, 0.717) is 6.04 Å². The standard InChI is InChI=1S/C12H23NO2/c1-6-13(7-2)10(3)8-9-11(4)15-12(5)14/h8-11H,6-7H2,1-5H3/b9-8+/t10-,11-/m1/s1. The maximum absolute atomic E-state index is 10.7. The number of hydrogen-bond acceptors (Lipinski definition) is 3. The van der Waals surface area contributed by atoms with E-state index in [2.05, 4.69) is 31.7 Å². The van der Waals surface area contributed by atoms with Gasteiger partial charge in [-0.25, -0.2) is 0 Å². The molecule has 0 radical (unpaired) electrons. The third-order valence-electron chi connectivity index (χ3n) is 2.40. The van der Waals surface area contributed by atoms with Crippen LogP contribution >= 0.6 is 0 Å². The quantitative estimate of drug-likeness (QED) is 0.500. The Bertz CT molecular complexity index is 210. The smallest absolute Gasteiger partial charge is 0.303 e. The molecule has 0 aliphatic heterocycles. The number of nitrogens with zero attached hydrogens (tertiary/aromatic N) is 1. The largest absolute Gasteiger partial charge is 0.459 e. The number of carbonyl (C=O) groups excluding carboxylic acids is 1. The fraction of sp³-hybridized carbons (Fsp3) is 0.750. The van der Waals surface area contributed by atoms with Crippen molar-refractivity contribution in [3.05, 3.63) is 12.2 Å². The van der Waals surface area contributed by atoms with Gasteiger partial charge >= 0.3 is 5.97 Å². The zero-order valence-electron chi connectivity index (χ0n) is 10.5. The number of esters is 1. The van der Waals surface area contributed by atoms with Gasteiger partial charge in [-0.3, -0.25) is 9.69 Å². The topological polar surface area (TPSA) is 29.5 Å². The van der Waals surface area contributed by atoms with E-state index in [0.717, 1.165) is 13.1 Å². The summed E-state index contributed by atoms with van der Waals surface area (Å²) in [6, 6.07) is 0.387. The molecule has 3 heteroatoms. The second-order valence-corrected chi connectivity index (χ2v) is 3.66. The van der Waals surface area contributed by atoms with Gasteiger partial charge in [-0.1, -0.05) is 19.9 Å². The molecule has 0 N–H and O–H groups in total. The predicted molar refractivity (Wildman–Crippen MR) is 62.8 cm³/mol. The van der Waals surface area contributed by atoms with Crippen molar-refractivity contribution in [2.75, 3.05) is 13.1 Å². The molecule has 0 aromatic carbocycles. The van der Waals surface area contributed by atoms with E-state index in [1.807, 2.05) is 13.0 Å². The molecule has 0 saturated heterocycles. The monoisotopic (exact) mass is 213 g/mol. The first kappa shape index (κ1) is 14.2. The molecule has 0 heterocycles. The van der Waals surface area contributed by atoms with E-state index < -0.39 is 0 Å². The highest BCUT2D eigenvalue weighted by Crippen LogP contribution is 2.02. The zero-order chi connectivity index (χ0) is 11.8. The molecule has 2 atom stereocenters. The second kappa shape index (κ2) is 7.46.